The summed E-state index contributed by atoms with van der Waals surface area (Å²) in [6.45, 7) is 5.39. The molecule has 6 heteroatoms. The lowest BCUT2D eigenvalue weighted by Crippen LogP contribution is -2.46. The molecule has 0 saturated carbocycles. The van der Waals surface area contributed by atoms with Crippen LogP contribution in [0.25, 0.3) is 0 Å². The molecule has 0 aliphatic rings. The summed E-state index contributed by atoms with van der Waals surface area (Å²) < 4.78 is 13.3. The molecule has 0 atom stereocenters. The van der Waals surface area contributed by atoms with E-state index in [4.69, 9.17) is 0 Å². The first kappa shape index (κ1) is 15.1. The molecule has 0 aliphatic heterocycles. The third-order valence-corrected chi connectivity index (χ3v) is 2.23. The van der Waals surface area contributed by atoms with Gasteiger partial charge < -0.3 is 10.2 Å². The van der Waals surface area contributed by atoms with Crippen molar-refractivity contribution in [2.24, 2.45) is 0 Å². The Balaban J connectivity index is 2.69. The SMILES string of the molecule is CN(CC(=O)NC(C)(C)C)C(=O)c1cccnc1F. The molecule has 1 heterocycles. The van der Waals surface area contributed by atoms with Gasteiger partial charge in [-0.05, 0) is 32.9 Å². The Morgan fingerprint density at radius 2 is 2.05 bits per heavy atom. The predicted octanol–water partition coefficient (Wildman–Crippen LogP) is 1.21. The minimum atomic E-state index is -0.837. The average molecular weight is 267 g/mol. The van der Waals surface area contributed by atoms with Crippen molar-refractivity contribution < 1.29 is 14.0 Å². The Bertz CT molecular complexity index is 483. The highest BCUT2D eigenvalue weighted by molar-refractivity contribution is 5.96. The van der Waals surface area contributed by atoms with Crippen LogP contribution in [0, 0.1) is 5.95 Å². The molecule has 1 aromatic rings. The fraction of sp³-hybridized carbons (Fsp3) is 0.462. The molecule has 0 fully saturated rings. The highest BCUT2D eigenvalue weighted by atomic mass is 19.1. The van der Waals surface area contributed by atoms with E-state index in [-0.39, 0.29) is 23.6 Å². The third kappa shape index (κ3) is 4.65. The van der Waals surface area contributed by atoms with E-state index in [1.165, 1.54) is 25.4 Å². The van der Waals surface area contributed by atoms with Gasteiger partial charge in [-0.15, -0.1) is 0 Å². The van der Waals surface area contributed by atoms with Crippen LogP contribution in [0.1, 0.15) is 31.1 Å². The smallest absolute Gasteiger partial charge is 0.258 e. The number of likely N-dealkylation sites (N-methyl/N-ethyl adjacent to an activating group) is 1. The van der Waals surface area contributed by atoms with Crippen LogP contribution in [0.3, 0.4) is 0 Å². The number of carbonyl (C=O) groups is 2. The molecule has 0 saturated heterocycles. The summed E-state index contributed by atoms with van der Waals surface area (Å²) in [7, 11) is 1.44. The lowest BCUT2D eigenvalue weighted by atomic mass is 10.1. The van der Waals surface area contributed by atoms with Crippen molar-refractivity contribution >= 4 is 11.8 Å². The van der Waals surface area contributed by atoms with E-state index in [0.717, 1.165) is 4.90 Å². The van der Waals surface area contributed by atoms with E-state index in [1.54, 1.807) is 0 Å². The van der Waals surface area contributed by atoms with Gasteiger partial charge in [-0.25, -0.2) is 4.98 Å². The van der Waals surface area contributed by atoms with E-state index >= 15 is 0 Å². The molecule has 19 heavy (non-hydrogen) atoms. The van der Waals surface area contributed by atoms with E-state index in [0.29, 0.717) is 0 Å². The molecule has 0 radical (unpaired) electrons. The van der Waals surface area contributed by atoms with Crippen LogP contribution in [0.2, 0.25) is 0 Å². The number of hydrogen-bond donors (Lipinski definition) is 1. The molecule has 0 aromatic carbocycles. The van der Waals surface area contributed by atoms with Gasteiger partial charge in [-0.1, -0.05) is 0 Å². The predicted molar refractivity (Wildman–Crippen MR) is 69.1 cm³/mol. The van der Waals surface area contributed by atoms with Gasteiger partial charge in [0.1, 0.15) is 0 Å². The van der Waals surface area contributed by atoms with Crippen LogP contribution in [0.5, 0.6) is 0 Å². The molecular weight excluding hydrogens is 249 g/mol. The van der Waals surface area contributed by atoms with E-state index in [1.807, 2.05) is 20.8 Å². The number of rotatable bonds is 3. The van der Waals surface area contributed by atoms with Crippen LogP contribution >= 0.6 is 0 Å². The van der Waals surface area contributed by atoms with Crippen LogP contribution in [-0.4, -0.2) is 40.8 Å². The van der Waals surface area contributed by atoms with E-state index < -0.39 is 11.9 Å². The quantitative estimate of drug-likeness (QED) is 0.837. The summed E-state index contributed by atoms with van der Waals surface area (Å²) in [5.74, 6) is -1.71. The summed E-state index contributed by atoms with van der Waals surface area (Å²) in [4.78, 5) is 28.2. The molecule has 104 valence electrons. The number of halogens is 1. The molecular formula is C13H18FN3O2. The molecule has 1 N–H and O–H groups in total. The van der Waals surface area contributed by atoms with Crippen LogP contribution < -0.4 is 5.32 Å². The van der Waals surface area contributed by atoms with Gasteiger partial charge in [0.15, 0.2) is 0 Å². The number of amides is 2. The molecule has 1 rings (SSSR count). The van der Waals surface area contributed by atoms with Gasteiger partial charge in [0.25, 0.3) is 5.91 Å². The summed E-state index contributed by atoms with van der Waals surface area (Å²) in [6.07, 6.45) is 1.26. The maximum absolute atomic E-state index is 13.3. The largest absolute Gasteiger partial charge is 0.350 e. The Morgan fingerprint density at radius 1 is 1.42 bits per heavy atom. The van der Waals surface area contributed by atoms with Crippen LogP contribution in [0.4, 0.5) is 4.39 Å². The van der Waals surface area contributed by atoms with Crippen molar-refractivity contribution in [3.8, 4) is 0 Å². The zero-order chi connectivity index (χ0) is 14.6. The zero-order valence-electron chi connectivity index (χ0n) is 11.5. The number of nitrogens with one attached hydrogen (secondary N) is 1. The minimum Gasteiger partial charge on any atom is -0.350 e. The highest BCUT2D eigenvalue weighted by Gasteiger charge is 2.20. The molecule has 5 nitrogen and oxygen atoms in total. The van der Waals surface area contributed by atoms with Crippen molar-refractivity contribution in [1.29, 1.82) is 0 Å². The van der Waals surface area contributed by atoms with Gasteiger partial charge in [-0.3, -0.25) is 9.59 Å². The number of hydrogen-bond acceptors (Lipinski definition) is 3. The summed E-state index contributed by atoms with van der Waals surface area (Å²) in [5.41, 5.74) is -0.519. The fourth-order valence-electron chi connectivity index (χ4n) is 1.50. The topological polar surface area (TPSA) is 62.3 Å². The lowest BCUT2D eigenvalue weighted by Gasteiger charge is -2.23. The standard InChI is InChI=1S/C13H18FN3O2/c1-13(2,3)16-10(18)8-17(4)12(19)9-6-5-7-15-11(9)14/h5-7H,8H2,1-4H3,(H,16,18). The second-order valence-electron chi connectivity index (χ2n) is 5.30. The van der Waals surface area contributed by atoms with Gasteiger partial charge in [0.2, 0.25) is 11.9 Å². The van der Waals surface area contributed by atoms with Crippen molar-refractivity contribution in [1.82, 2.24) is 15.2 Å². The second-order valence-corrected chi connectivity index (χ2v) is 5.30. The molecule has 1 aromatic heterocycles. The van der Waals surface area contributed by atoms with Gasteiger partial charge >= 0.3 is 0 Å². The lowest BCUT2D eigenvalue weighted by molar-refractivity contribution is -0.122. The zero-order valence-corrected chi connectivity index (χ0v) is 11.5. The molecule has 0 spiro atoms. The summed E-state index contributed by atoms with van der Waals surface area (Å²) in [5, 5.41) is 2.73. The molecule has 0 aliphatic carbocycles. The first-order valence-electron chi connectivity index (χ1n) is 5.87. The second kappa shape index (κ2) is 5.77. The van der Waals surface area contributed by atoms with E-state index in [2.05, 4.69) is 10.3 Å². The number of carbonyl (C=O) groups excluding carboxylic acids is 2. The van der Waals surface area contributed by atoms with Crippen molar-refractivity contribution in [2.45, 2.75) is 26.3 Å². The average Bonchev–Trinajstić information content (AvgIpc) is 2.26. The van der Waals surface area contributed by atoms with Crippen LogP contribution in [0.15, 0.2) is 18.3 Å². The van der Waals surface area contributed by atoms with Gasteiger partial charge in [-0.2, -0.15) is 4.39 Å². The number of aromatic nitrogens is 1. The normalized spacial score (nSPS) is 11.0. The highest BCUT2D eigenvalue weighted by Crippen LogP contribution is 2.06. The first-order valence-corrected chi connectivity index (χ1v) is 5.87. The molecule has 0 unspecified atom stereocenters. The van der Waals surface area contributed by atoms with Crippen molar-refractivity contribution in [3.05, 3.63) is 29.8 Å². The van der Waals surface area contributed by atoms with Crippen LogP contribution in [-0.2, 0) is 4.79 Å². The Kier molecular flexibility index (Phi) is 4.58. The van der Waals surface area contributed by atoms with Gasteiger partial charge in [0.05, 0.1) is 12.1 Å². The number of pyridine rings is 1. The first-order chi connectivity index (χ1) is 8.70. The Labute approximate surface area is 111 Å². The molecule has 2 amide bonds. The Morgan fingerprint density at radius 3 is 2.58 bits per heavy atom. The van der Waals surface area contributed by atoms with Crippen molar-refractivity contribution in [2.75, 3.05) is 13.6 Å². The monoisotopic (exact) mass is 267 g/mol. The third-order valence-electron chi connectivity index (χ3n) is 2.23. The maximum Gasteiger partial charge on any atom is 0.258 e. The van der Waals surface area contributed by atoms with Gasteiger partial charge in [0, 0.05) is 18.8 Å². The molecule has 0 bridgehead atoms. The maximum atomic E-state index is 13.3. The number of nitrogens with zero attached hydrogens (tertiary/aromatic N) is 2. The van der Waals surface area contributed by atoms with E-state index in [9.17, 15) is 14.0 Å². The minimum absolute atomic E-state index is 0.134. The fourth-order valence-corrected chi connectivity index (χ4v) is 1.50. The summed E-state index contributed by atoms with van der Waals surface area (Å²) in [6, 6.07) is 2.81. The summed E-state index contributed by atoms with van der Waals surface area (Å²) >= 11 is 0. The van der Waals surface area contributed by atoms with Crippen molar-refractivity contribution in [3.63, 3.8) is 0 Å². The Hall–Kier alpha value is -1.98.